The first-order valence-electron chi connectivity index (χ1n) is 14.0. The van der Waals surface area contributed by atoms with Gasteiger partial charge in [-0.1, -0.05) is 13.3 Å². The van der Waals surface area contributed by atoms with Crippen LogP contribution in [0.2, 0.25) is 0 Å². The Labute approximate surface area is 238 Å². The van der Waals surface area contributed by atoms with E-state index in [1.54, 1.807) is 54.0 Å². The van der Waals surface area contributed by atoms with Gasteiger partial charge in [0.25, 0.3) is 0 Å². The van der Waals surface area contributed by atoms with Gasteiger partial charge in [-0.25, -0.2) is 9.97 Å². The van der Waals surface area contributed by atoms with Crippen molar-refractivity contribution in [1.29, 1.82) is 0 Å². The molecule has 2 aliphatic rings. The van der Waals surface area contributed by atoms with E-state index in [0.717, 1.165) is 18.4 Å². The highest BCUT2D eigenvalue weighted by molar-refractivity contribution is 5.94. The Morgan fingerprint density at radius 3 is 2.68 bits per heavy atom. The average molecular weight is 562 g/mol. The molecule has 1 fully saturated rings. The van der Waals surface area contributed by atoms with Crippen LogP contribution in [0.15, 0.2) is 55.1 Å². The van der Waals surface area contributed by atoms with Crippen LogP contribution in [0.3, 0.4) is 0 Å². The molecular formula is C30H35N5O6. The van der Waals surface area contributed by atoms with Crippen LogP contribution in [-0.2, 0) is 22.6 Å². The van der Waals surface area contributed by atoms with E-state index in [2.05, 4.69) is 21.9 Å². The summed E-state index contributed by atoms with van der Waals surface area (Å²) in [7, 11) is 0. The summed E-state index contributed by atoms with van der Waals surface area (Å²) in [5.74, 6) is -0.709. The Morgan fingerprint density at radius 1 is 1.15 bits per heavy atom. The van der Waals surface area contributed by atoms with Crippen LogP contribution in [0.4, 0.5) is 5.69 Å². The number of unbranched alkanes of at least 4 members (excludes halogenated alkanes) is 1. The number of aliphatic hydroxyl groups is 1. The third-order valence-electron chi connectivity index (χ3n) is 7.82. The van der Waals surface area contributed by atoms with E-state index in [9.17, 15) is 19.8 Å². The molecule has 1 saturated heterocycles. The zero-order chi connectivity index (χ0) is 28.8. The van der Waals surface area contributed by atoms with Gasteiger partial charge < -0.3 is 24.6 Å². The number of amides is 1. The fourth-order valence-electron chi connectivity index (χ4n) is 5.85. The van der Waals surface area contributed by atoms with E-state index in [-0.39, 0.29) is 25.9 Å². The second-order valence-electron chi connectivity index (χ2n) is 10.4. The largest absolute Gasteiger partial charge is 0.481 e. The number of aliphatic carboxylic acids is 1. The van der Waals surface area contributed by atoms with Gasteiger partial charge in [-0.15, -0.1) is 0 Å². The molecule has 2 aromatic heterocycles. The first-order chi connectivity index (χ1) is 20.0. The third kappa shape index (κ3) is 6.31. The van der Waals surface area contributed by atoms with Crippen molar-refractivity contribution in [3.05, 3.63) is 72.1 Å². The topological polar surface area (TPSA) is 138 Å². The Bertz CT molecular complexity index is 1340. The number of pyridine rings is 1. The molecule has 0 radical (unpaired) electrons. The smallest absolute Gasteiger partial charge is 0.308 e. The van der Waals surface area contributed by atoms with Gasteiger partial charge in [-0.3, -0.25) is 19.5 Å². The maximum atomic E-state index is 13.8. The molecular weight excluding hydrogens is 526 g/mol. The minimum absolute atomic E-state index is 0.0427. The zero-order valence-electron chi connectivity index (χ0n) is 23.1. The quantitative estimate of drug-likeness (QED) is 0.339. The second-order valence-corrected chi connectivity index (χ2v) is 10.4. The van der Waals surface area contributed by atoms with Gasteiger partial charge in [0.1, 0.15) is 5.82 Å². The number of fused-ring (bicyclic) bond motifs is 1. The summed E-state index contributed by atoms with van der Waals surface area (Å²) in [4.78, 5) is 43.2. The summed E-state index contributed by atoms with van der Waals surface area (Å²) >= 11 is 0. The number of rotatable bonds is 12. The number of likely N-dealkylation sites (tertiary alicyclic amines) is 1. The van der Waals surface area contributed by atoms with Crippen molar-refractivity contribution >= 4 is 17.6 Å². The molecule has 0 bridgehead atoms. The number of aromatic nitrogens is 3. The average Bonchev–Trinajstić information content (AvgIpc) is 3.61. The second kappa shape index (κ2) is 13.0. The van der Waals surface area contributed by atoms with Crippen molar-refractivity contribution < 1.29 is 29.3 Å². The normalized spacial score (nSPS) is 19.8. The number of aryl methyl sites for hydroxylation is 1. The highest BCUT2D eigenvalue weighted by Crippen LogP contribution is 2.44. The van der Waals surface area contributed by atoms with Crippen molar-refractivity contribution in [2.24, 2.45) is 5.92 Å². The van der Waals surface area contributed by atoms with Crippen LogP contribution in [0, 0.1) is 5.92 Å². The first-order valence-corrected chi connectivity index (χ1v) is 14.0. The van der Waals surface area contributed by atoms with Crippen LogP contribution in [0.5, 0.6) is 11.5 Å². The third-order valence-corrected chi connectivity index (χ3v) is 7.82. The van der Waals surface area contributed by atoms with Crippen molar-refractivity contribution in [2.75, 3.05) is 31.3 Å². The Kier molecular flexibility index (Phi) is 9.05. The molecule has 4 heterocycles. The lowest BCUT2D eigenvalue weighted by molar-refractivity contribution is -0.143. The monoisotopic (exact) mass is 561 g/mol. The van der Waals surface area contributed by atoms with E-state index in [1.807, 2.05) is 11.0 Å². The summed E-state index contributed by atoms with van der Waals surface area (Å²) in [6.07, 6.45) is 9.36. The van der Waals surface area contributed by atoms with Crippen molar-refractivity contribution in [2.45, 2.75) is 51.2 Å². The highest BCUT2D eigenvalue weighted by atomic mass is 16.7. The number of hydrogen-bond donors (Lipinski definition) is 2. The maximum absolute atomic E-state index is 13.8. The molecule has 1 aromatic carbocycles. The fraction of sp³-hybridized carbons (Fsp3) is 0.433. The van der Waals surface area contributed by atoms with Crippen molar-refractivity contribution in [1.82, 2.24) is 19.9 Å². The number of aliphatic hydroxyl groups excluding tert-OH is 1. The molecule has 2 N–H and O–H groups in total. The lowest BCUT2D eigenvalue weighted by Crippen LogP contribution is -2.44. The number of benzene rings is 1. The zero-order valence-corrected chi connectivity index (χ0v) is 23.1. The number of carboxylic acid groups (broad SMARTS) is 1. The molecule has 11 heteroatoms. The molecule has 216 valence electrons. The van der Waals surface area contributed by atoms with E-state index in [4.69, 9.17) is 9.47 Å². The van der Waals surface area contributed by atoms with Gasteiger partial charge in [-0.2, -0.15) is 0 Å². The van der Waals surface area contributed by atoms with Crippen LogP contribution in [0.25, 0.3) is 0 Å². The molecule has 2 aliphatic heterocycles. The number of nitrogens with zero attached hydrogens (tertiary/aromatic N) is 5. The van der Waals surface area contributed by atoms with Gasteiger partial charge in [0.15, 0.2) is 11.5 Å². The molecule has 0 saturated carbocycles. The molecule has 0 spiro atoms. The first kappa shape index (κ1) is 28.4. The summed E-state index contributed by atoms with van der Waals surface area (Å²) < 4.78 is 11.1. The van der Waals surface area contributed by atoms with Crippen LogP contribution in [-0.4, -0.2) is 74.4 Å². The molecule has 5 rings (SSSR count). The van der Waals surface area contributed by atoms with Gasteiger partial charge in [0, 0.05) is 55.6 Å². The van der Waals surface area contributed by atoms with Gasteiger partial charge in [0.2, 0.25) is 12.7 Å². The number of ether oxygens (including phenoxy) is 2. The van der Waals surface area contributed by atoms with Crippen LogP contribution >= 0.6 is 0 Å². The van der Waals surface area contributed by atoms with Crippen LogP contribution in [0.1, 0.15) is 49.1 Å². The number of hydrogen-bond acceptors (Lipinski definition) is 9. The van der Waals surface area contributed by atoms with Gasteiger partial charge in [-0.05, 0) is 48.7 Å². The molecule has 0 aliphatic carbocycles. The SMILES string of the molecule is CCCCN(C(=O)CN1C[C@H](c2cc(CO)c3c(c2)OCO3)[C@@H](C(=O)O)[C@@H]1CCc1ncccn1)c1cccnc1. The lowest BCUT2D eigenvalue weighted by atomic mass is 9.83. The maximum Gasteiger partial charge on any atom is 0.308 e. The Balaban J connectivity index is 1.47. The van der Waals surface area contributed by atoms with E-state index < -0.39 is 23.8 Å². The minimum atomic E-state index is -0.942. The van der Waals surface area contributed by atoms with E-state index >= 15 is 0 Å². The van der Waals surface area contributed by atoms with E-state index in [1.165, 1.54) is 0 Å². The highest BCUT2D eigenvalue weighted by Gasteiger charge is 2.47. The summed E-state index contributed by atoms with van der Waals surface area (Å²) in [5, 5.41) is 20.5. The summed E-state index contributed by atoms with van der Waals surface area (Å²) in [5.41, 5.74) is 2.00. The standard InChI is InChI=1S/C30H35N5O6/c1-2-3-12-35(22-6-4-9-31-15-22)27(37)17-34-16-23(20-13-21(18-36)29-25(14-20)40-19-41-29)28(30(38)39)24(34)7-8-26-32-10-5-11-33-26/h4-6,9-11,13-15,23-24,28,36H,2-3,7-8,12,16-19H2,1H3,(H,38,39)/t23-,24+,28-/m1/s1. The molecule has 11 nitrogen and oxygen atoms in total. The predicted molar refractivity (Wildman–Crippen MR) is 150 cm³/mol. The van der Waals surface area contributed by atoms with Crippen molar-refractivity contribution in [3.63, 3.8) is 0 Å². The molecule has 3 aromatic rings. The number of carbonyl (C=O) groups is 2. The Morgan fingerprint density at radius 2 is 1.98 bits per heavy atom. The molecule has 3 atom stereocenters. The number of carboxylic acids is 1. The molecule has 41 heavy (non-hydrogen) atoms. The van der Waals surface area contributed by atoms with Crippen LogP contribution < -0.4 is 14.4 Å². The number of carbonyl (C=O) groups excluding carboxylic acids is 1. The van der Waals surface area contributed by atoms with E-state index in [0.29, 0.717) is 54.5 Å². The summed E-state index contributed by atoms with van der Waals surface area (Å²) in [6.45, 7) is 2.80. The fourth-order valence-corrected chi connectivity index (χ4v) is 5.85. The van der Waals surface area contributed by atoms with Crippen molar-refractivity contribution in [3.8, 4) is 11.5 Å². The predicted octanol–water partition coefficient (Wildman–Crippen LogP) is 3.03. The lowest BCUT2D eigenvalue weighted by Gasteiger charge is -2.29. The van der Waals surface area contributed by atoms with Gasteiger partial charge >= 0.3 is 5.97 Å². The summed E-state index contributed by atoms with van der Waals surface area (Å²) in [6, 6.07) is 8.54. The Hall–Kier alpha value is -4.09. The molecule has 0 unspecified atom stereocenters. The number of anilines is 1. The van der Waals surface area contributed by atoms with Gasteiger partial charge in [0.05, 0.1) is 31.0 Å². The minimum Gasteiger partial charge on any atom is -0.481 e. The molecule has 1 amide bonds.